The van der Waals surface area contributed by atoms with Gasteiger partial charge in [-0.3, -0.25) is 4.79 Å². The number of amides is 1. The van der Waals surface area contributed by atoms with Crippen molar-refractivity contribution >= 4 is 11.6 Å². The normalized spacial score (nSPS) is 10.6. The Labute approximate surface area is 87.8 Å². The molecule has 1 aromatic rings. The molecule has 0 atom stereocenters. The summed E-state index contributed by atoms with van der Waals surface area (Å²) in [5, 5.41) is 2.62. The van der Waals surface area contributed by atoms with Crippen molar-refractivity contribution in [3.63, 3.8) is 0 Å². The van der Waals surface area contributed by atoms with Crippen LogP contribution in [0.3, 0.4) is 0 Å². The van der Waals surface area contributed by atoms with Crippen LogP contribution >= 0.6 is 0 Å². The first-order valence-corrected chi connectivity index (χ1v) is 4.59. The minimum absolute atomic E-state index is 0.184. The molecule has 3 N–H and O–H groups in total. The molecular weight excluding hydrogens is 195 g/mol. The van der Waals surface area contributed by atoms with Crippen molar-refractivity contribution in [1.29, 1.82) is 0 Å². The van der Waals surface area contributed by atoms with E-state index >= 15 is 0 Å². The van der Waals surface area contributed by atoms with Crippen LogP contribution in [0.4, 0.5) is 10.1 Å². The molecule has 0 fully saturated rings. The number of carbonyl (C=O) groups excluding carboxylic acids is 1. The fraction of sp³-hybridized carbons (Fsp3) is 0.182. The standard InChI is InChI=1S/C11H13FN2O/c1-2-3-11(15)14-10-5-4-9(12)6-8(10)7-13/h2-6H,7,13H2,1H3,(H,14,15)/b3-2+. The maximum Gasteiger partial charge on any atom is 0.248 e. The number of hydrogen-bond acceptors (Lipinski definition) is 2. The van der Waals surface area contributed by atoms with Gasteiger partial charge in [-0.25, -0.2) is 4.39 Å². The highest BCUT2D eigenvalue weighted by Gasteiger charge is 2.04. The molecule has 1 rings (SSSR count). The van der Waals surface area contributed by atoms with Gasteiger partial charge in [0.1, 0.15) is 5.82 Å². The molecule has 0 heterocycles. The zero-order valence-electron chi connectivity index (χ0n) is 8.46. The minimum atomic E-state index is -0.362. The summed E-state index contributed by atoms with van der Waals surface area (Å²) in [6, 6.07) is 4.09. The summed E-state index contributed by atoms with van der Waals surface area (Å²) in [7, 11) is 0. The maximum atomic E-state index is 12.8. The van der Waals surface area contributed by atoms with E-state index in [2.05, 4.69) is 5.32 Å². The first kappa shape index (κ1) is 11.4. The summed E-state index contributed by atoms with van der Waals surface area (Å²) >= 11 is 0. The van der Waals surface area contributed by atoms with E-state index in [0.717, 1.165) is 0 Å². The molecule has 0 aliphatic carbocycles. The van der Waals surface area contributed by atoms with Crippen molar-refractivity contribution in [2.75, 3.05) is 5.32 Å². The third-order valence-corrected chi connectivity index (χ3v) is 1.86. The first-order chi connectivity index (χ1) is 7.17. The highest BCUT2D eigenvalue weighted by atomic mass is 19.1. The molecule has 0 unspecified atom stereocenters. The fourth-order valence-electron chi connectivity index (χ4n) is 1.18. The molecule has 0 aliphatic rings. The third-order valence-electron chi connectivity index (χ3n) is 1.86. The average molecular weight is 208 g/mol. The Bertz CT molecular complexity index is 388. The van der Waals surface area contributed by atoms with E-state index in [1.807, 2.05) is 0 Å². The number of nitrogens with two attached hydrogens (primary N) is 1. The van der Waals surface area contributed by atoms with Crippen LogP contribution < -0.4 is 11.1 Å². The van der Waals surface area contributed by atoms with Gasteiger partial charge in [0.25, 0.3) is 0 Å². The Kier molecular flexibility index (Phi) is 4.00. The maximum absolute atomic E-state index is 12.8. The number of allylic oxidation sites excluding steroid dienone is 1. The van der Waals surface area contributed by atoms with Gasteiger partial charge >= 0.3 is 0 Å². The smallest absolute Gasteiger partial charge is 0.248 e. The van der Waals surface area contributed by atoms with Crippen LogP contribution in [0.15, 0.2) is 30.4 Å². The molecule has 1 aromatic carbocycles. The largest absolute Gasteiger partial charge is 0.326 e. The lowest BCUT2D eigenvalue weighted by Gasteiger charge is -2.07. The SMILES string of the molecule is C/C=C/C(=O)Nc1ccc(F)cc1CN. The quantitative estimate of drug-likeness (QED) is 0.744. The van der Waals surface area contributed by atoms with Gasteiger partial charge < -0.3 is 11.1 Å². The predicted molar refractivity (Wildman–Crippen MR) is 57.7 cm³/mol. The number of hydrogen-bond donors (Lipinski definition) is 2. The molecule has 0 aromatic heterocycles. The highest BCUT2D eigenvalue weighted by Crippen LogP contribution is 2.16. The van der Waals surface area contributed by atoms with Gasteiger partial charge in [0.2, 0.25) is 5.91 Å². The van der Waals surface area contributed by atoms with Crippen LogP contribution in [-0.4, -0.2) is 5.91 Å². The molecule has 4 heteroatoms. The van der Waals surface area contributed by atoms with Crippen LogP contribution in [0.5, 0.6) is 0 Å². The minimum Gasteiger partial charge on any atom is -0.326 e. The summed E-state index contributed by atoms with van der Waals surface area (Å²) in [5.41, 5.74) is 6.55. The van der Waals surface area contributed by atoms with Gasteiger partial charge in [-0.1, -0.05) is 6.08 Å². The van der Waals surface area contributed by atoms with Crippen LogP contribution in [0.25, 0.3) is 0 Å². The van der Waals surface area contributed by atoms with Crippen molar-refractivity contribution in [2.24, 2.45) is 5.73 Å². The van der Waals surface area contributed by atoms with Gasteiger partial charge in [-0.2, -0.15) is 0 Å². The molecule has 0 saturated carbocycles. The molecule has 3 nitrogen and oxygen atoms in total. The summed E-state index contributed by atoms with van der Waals surface area (Å²) in [6.45, 7) is 1.93. The van der Waals surface area contributed by atoms with E-state index in [-0.39, 0.29) is 18.3 Å². The first-order valence-electron chi connectivity index (χ1n) is 4.59. The molecule has 0 saturated heterocycles. The topological polar surface area (TPSA) is 55.1 Å². The number of halogens is 1. The fourth-order valence-corrected chi connectivity index (χ4v) is 1.18. The van der Waals surface area contributed by atoms with E-state index < -0.39 is 0 Å². The van der Waals surface area contributed by atoms with Crippen molar-refractivity contribution in [1.82, 2.24) is 0 Å². The second kappa shape index (κ2) is 5.26. The Balaban J connectivity index is 2.89. The van der Waals surface area contributed by atoms with Crippen molar-refractivity contribution < 1.29 is 9.18 Å². The van der Waals surface area contributed by atoms with Crippen LogP contribution in [0, 0.1) is 5.82 Å². The van der Waals surface area contributed by atoms with Gasteiger partial charge in [0.05, 0.1) is 0 Å². The van der Waals surface area contributed by atoms with Crippen LogP contribution in [-0.2, 0) is 11.3 Å². The molecule has 0 spiro atoms. The molecule has 0 radical (unpaired) electrons. The number of nitrogens with one attached hydrogen (secondary N) is 1. The van der Waals surface area contributed by atoms with E-state index in [9.17, 15) is 9.18 Å². The van der Waals surface area contributed by atoms with Crippen LogP contribution in [0.1, 0.15) is 12.5 Å². The molecule has 0 aliphatic heterocycles. The zero-order valence-corrected chi connectivity index (χ0v) is 8.46. The lowest BCUT2D eigenvalue weighted by atomic mass is 10.1. The molecule has 15 heavy (non-hydrogen) atoms. The van der Waals surface area contributed by atoms with E-state index in [4.69, 9.17) is 5.73 Å². The third kappa shape index (κ3) is 3.18. The summed E-state index contributed by atoms with van der Waals surface area (Å²) in [5.74, 6) is -0.613. The zero-order chi connectivity index (χ0) is 11.3. The highest BCUT2D eigenvalue weighted by molar-refractivity contribution is 5.99. The monoisotopic (exact) mass is 208 g/mol. The number of benzene rings is 1. The molecule has 80 valence electrons. The Morgan fingerprint density at radius 3 is 2.93 bits per heavy atom. The van der Waals surface area contributed by atoms with Crippen molar-refractivity contribution in [3.05, 3.63) is 41.7 Å². The Hall–Kier alpha value is -1.68. The number of anilines is 1. The number of rotatable bonds is 3. The average Bonchev–Trinajstić information content (AvgIpc) is 2.21. The van der Waals surface area contributed by atoms with Crippen molar-refractivity contribution in [3.8, 4) is 0 Å². The lowest BCUT2D eigenvalue weighted by Crippen LogP contribution is -2.11. The Morgan fingerprint density at radius 1 is 1.60 bits per heavy atom. The molecule has 0 bridgehead atoms. The van der Waals surface area contributed by atoms with E-state index in [1.165, 1.54) is 24.3 Å². The van der Waals surface area contributed by atoms with Gasteiger partial charge in [0.15, 0.2) is 0 Å². The molecule has 1 amide bonds. The lowest BCUT2D eigenvalue weighted by molar-refractivity contribution is -0.111. The number of carbonyl (C=O) groups is 1. The van der Waals surface area contributed by atoms with Gasteiger partial charge in [-0.05, 0) is 36.8 Å². The summed E-state index contributed by atoms with van der Waals surface area (Å²) in [4.78, 5) is 11.2. The van der Waals surface area contributed by atoms with Gasteiger partial charge in [-0.15, -0.1) is 0 Å². The predicted octanol–water partition coefficient (Wildman–Crippen LogP) is 1.80. The van der Waals surface area contributed by atoms with E-state index in [1.54, 1.807) is 13.0 Å². The molecular formula is C11H13FN2O. The Morgan fingerprint density at radius 2 is 2.33 bits per heavy atom. The summed E-state index contributed by atoms with van der Waals surface area (Å²) < 4.78 is 12.8. The van der Waals surface area contributed by atoms with Crippen molar-refractivity contribution in [2.45, 2.75) is 13.5 Å². The summed E-state index contributed by atoms with van der Waals surface area (Å²) in [6.07, 6.45) is 3.02. The second-order valence-corrected chi connectivity index (χ2v) is 2.99. The van der Waals surface area contributed by atoms with E-state index in [0.29, 0.717) is 11.3 Å². The van der Waals surface area contributed by atoms with Crippen LogP contribution in [0.2, 0.25) is 0 Å². The van der Waals surface area contributed by atoms with Gasteiger partial charge in [0, 0.05) is 12.2 Å². The second-order valence-electron chi connectivity index (χ2n) is 2.99.